The van der Waals surface area contributed by atoms with Gasteiger partial charge in [-0.15, -0.1) is 0 Å². The van der Waals surface area contributed by atoms with Crippen LogP contribution in [0.3, 0.4) is 0 Å². The Bertz CT molecular complexity index is 1040. The number of thioether (sulfide) groups is 1. The molecule has 1 amide bonds. The molecule has 0 saturated carbocycles. The van der Waals surface area contributed by atoms with Crippen molar-refractivity contribution in [2.75, 3.05) is 29.5 Å². The molecule has 0 spiro atoms. The van der Waals surface area contributed by atoms with Crippen LogP contribution < -0.4 is 10.2 Å². The van der Waals surface area contributed by atoms with Crippen molar-refractivity contribution >= 4 is 34.5 Å². The Morgan fingerprint density at radius 3 is 2.69 bits per heavy atom. The van der Waals surface area contributed by atoms with Crippen LogP contribution in [0.25, 0.3) is 11.0 Å². The van der Waals surface area contributed by atoms with E-state index in [4.69, 9.17) is 4.98 Å². The zero-order valence-corrected chi connectivity index (χ0v) is 17.7. The molecule has 1 atom stereocenters. The zero-order valence-electron chi connectivity index (χ0n) is 16.8. The minimum absolute atomic E-state index is 0.144. The maximum atomic E-state index is 13.0. The van der Waals surface area contributed by atoms with Gasteiger partial charge in [-0.25, -0.2) is 15.0 Å². The average Bonchev–Trinajstić information content (AvgIpc) is 2.73. The standard InChI is InChI=1S/C21H24N6OS/c1-13-12-14(2)23-18-17(13)20(27-8-10-29-11-9-27)26-19(25-18)21(28)24-15(3)16-6-4-5-7-22-16/h4-7,12,15H,8-11H2,1-3H3,(H,24,28)/t15-/m0/s1. The highest BCUT2D eigenvalue weighted by molar-refractivity contribution is 7.99. The van der Waals surface area contributed by atoms with Gasteiger partial charge < -0.3 is 10.2 Å². The summed E-state index contributed by atoms with van der Waals surface area (Å²) in [4.78, 5) is 33.3. The van der Waals surface area contributed by atoms with Gasteiger partial charge in [0, 0.05) is 36.5 Å². The second kappa shape index (κ2) is 8.32. The van der Waals surface area contributed by atoms with E-state index in [0.717, 1.165) is 52.8 Å². The first-order valence-electron chi connectivity index (χ1n) is 9.73. The molecule has 0 aromatic carbocycles. The van der Waals surface area contributed by atoms with Crippen molar-refractivity contribution in [3.05, 3.63) is 53.2 Å². The molecule has 1 saturated heterocycles. The molecule has 1 aliphatic rings. The van der Waals surface area contributed by atoms with Crippen LogP contribution in [0.1, 0.15) is 40.5 Å². The molecule has 1 N–H and O–H groups in total. The summed E-state index contributed by atoms with van der Waals surface area (Å²) >= 11 is 1.93. The van der Waals surface area contributed by atoms with Gasteiger partial charge in [0.1, 0.15) is 5.82 Å². The summed E-state index contributed by atoms with van der Waals surface area (Å²) in [6.45, 7) is 7.68. The van der Waals surface area contributed by atoms with E-state index in [1.165, 1.54) is 0 Å². The number of nitrogens with one attached hydrogen (secondary N) is 1. The molecule has 7 nitrogen and oxygen atoms in total. The van der Waals surface area contributed by atoms with Crippen molar-refractivity contribution in [1.29, 1.82) is 0 Å². The topological polar surface area (TPSA) is 83.9 Å². The Labute approximate surface area is 174 Å². The first-order valence-corrected chi connectivity index (χ1v) is 10.9. The van der Waals surface area contributed by atoms with Crippen molar-refractivity contribution in [3.8, 4) is 0 Å². The lowest BCUT2D eigenvalue weighted by Gasteiger charge is -2.29. The van der Waals surface area contributed by atoms with Crippen LogP contribution in [0.2, 0.25) is 0 Å². The third kappa shape index (κ3) is 4.17. The van der Waals surface area contributed by atoms with Crippen molar-refractivity contribution in [1.82, 2.24) is 25.3 Å². The number of carbonyl (C=O) groups excluding carboxylic acids is 1. The van der Waals surface area contributed by atoms with Gasteiger partial charge in [0.05, 0.1) is 17.1 Å². The van der Waals surface area contributed by atoms with Crippen LogP contribution in [0.4, 0.5) is 5.82 Å². The van der Waals surface area contributed by atoms with E-state index >= 15 is 0 Å². The SMILES string of the molecule is Cc1cc(C)c2c(N3CCSCC3)nc(C(=O)N[C@@H](C)c3ccccn3)nc2n1. The predicted molar refractivity (Wildman–Crippen MR) is 116 cm³/mol. The first kappa shape index (κ1) is 19.6. The number of nitrogens with zero attached hydrogens (tertiary/aromatic N) is 5. The molecule has 3 aromatic heterocycles. The Kier molecular flexibility index (Phi) is 5.62. The minimum Gasteiger partial charge on any atom is -0.354 e. The zero-order chi connectivity index (χ0) is 20.4. The molecular formula is C21H24N6OS. The maximum Gasteiger partial charge on any atom is 0.289 e. The third-order valence-corrected chi connectivity index (χ3v) is 5.91. The first-order chi connectivity index (χ1) is 14.0. The third-order valence-electron chi connectivity index (χ3n) is 4.97. The lowest BCUT2D eigenvalue weighted by Crippen LogP contribution is -2.35. The highest BCUT2D eigenvalue weighted by Gasteiger charge is 2.23. The number of aryl methyl sites for hydroxylation is 2. The van der Waals surface area contributed by atoms with Crippen LogP contribution in [-0.4, -0.2) is 50.4 Å². The fourth-order valence-corrected chi connectivity index (χ4v) is 4.43. The number of aromatic nitrogens is 4. The molecule has 0 bridgehead atoms. The molecule has 1 fully saturated rings. The molecule has 4 heterocycles. The molecule has 150 valence electrons. The van der Waals surface area contributed by atoms with Gasteiger partial charge in [0.15, 0.2) is 5.65 Å². The maximum absolute atomic E-state index is 13.0. The average molecular weight is 409 g/mol. The lowest BCUT2D eigenvalue weighted by atomic mass is 10.1. The number of hydrogen-bond donors (Lipinski definition) is 1. The largest absolute Gasteiger partial charge is 0.354 e. The lowest BCUT2D eigenvalue weighted by molar-refractivity contribution is 0.0929. The van der Waals surface area contributed by atoms with Crippen LogP contribution in [0.5, 0.6) is 0 Å². The number of pyridine rings is 2. The minimum atomic E-state index is -0.321. The summed E-state index contributed by atoms with van der Waals surface area (Å²) in [5.41, 5.74) is 3.32. The fraction of sp³-hybridized carbons (Fsp3) is 0.381. The number of amides is 1. The Balaban J connectivity index is 1.73. The van der Waals surface area contributed by atoms with Crippen LogP contribution in [0, 0.1) is 13.8 Å². The van der Waals surface area contributed by atoms with E-state index in [2.05, 4.69) is 25.2 Å². The van der Waals surface area contributed by atoms with E-state index < -0.39 is 0 Å². The van der Waals surface area contributed by atoms with Gasteiger partial charge in [-0.3, -0.25) is 9.78 Å². The van der Waals surface area contributed by atoms with Crippen LogP contribution in [0.15, 0.2) is 30.5 Å². The second-order valence-corrected chi connectivity index (χ2v) is 8.42. The summed E-state index contributed by atoms with van der Waals surface area (Å²) in [5, 5.41) is 3.89. The summed E-state index contributed by atoms with van der Waals surface area (Å²) in [6.07, 6.45) is 1.71. The highest BCUT2D eigenvalue weighted by atomic mass is 32.2. The van der Waals surface area contributed by atoms with Crippen molar-refractivity contribution < 1.29 is 4.79 Å². The smallest absolute Gasteiger partial charge is 0.289 e. The number of hydrogen-bond acceptors (Lipinski definition) is 7. The normalized spacial score (nSPS) is 15.3. The molecule has 8 heteroatoms. The van der Waals surface area contributed by atoms with Gasteiger partial charge in [-0.1, -0.05) is 6.07 Å². The summed E-state index contributed by atoms with van der Waals surface area (Å²) in [5.74, 6) is 2.71. The summed E-state index contributed by atoms with van der Waals surface area (Å²) < 4.78 is 0. The van der Waals surface area contributed by atoms with Crippen molar-refractivity contribution in [2.45, 2.75) is 26.8 Å². The van der Waals surface area contributed by atoms with Gasteiger partial charge in [0.25, 0.3) is 5.91 Å². The highest BCUT2D eigenvalue weighted by Crippen LogP contribution is 2.28. The Morgan fingerprint density at radius 1 is 1.17 bits per heavy atom. The number of fused-ring (bicyclic) bond motifs is 1. The van der Waals surface area contributed by atoms with Gasteiger partial charge in [-0.2, -0.15) is 11.8 Å². The monoisotopic (exact) mass is 408 g/mol. The van der Waals surface area contributed by atoms with E-state index in [0.29, 0.717) is 5.65 Å². The number of rotatable bonds is 4. The molecular weight excluding hydrogens is 384 g/mol. The van der Waals surface area contributed by atoms with Crippen molar-refractivity contribution in [3.63, 3.8) is 0 Å². The van der Waals surface area contributed by atoms with E-state index in [9.17, 15) is 4.79 Å². The summed E-state index contributed by atoms with van der Waals surface area (Å²) in [7, 11) is 0. The van der Waals surface area contributed by atoms with Gasteiger partial charge >= 0.3 is 0 Å². The van der Waals surface area contributed by atoms with Gasteiger partial charge in [-0.05, 0) is 44.5 Å². The number of carbonyl (C=O) groups is 1. The second-order valence-electron chi connectivity index (χ2n) is 7.20. The van der Waals surface area contributed by atoms with E-state index in [1.807, 2.05) is 56.8 Å². The molecule has 4 rings (SSSR count). The van der Waals surface area contributed by atoms with E-state index in [-0.39, 0.29) is 17.8 Å². The Hall–Kier alpha value is -2.74. The molecule has 0 radical (unpaired) electrons. The number of anilines is 1. The van der Waals surface area contributed by atoms with Gasteiger partial charge in [0.2, 0.25) is 5.82 Å². The van der Waals surface area contributed by atoms with Crippen molar-refractivity contribution in [2.24, 2.45) is 0 Å². The predicted octanol–water partition coefficient (Wildman–Crippen LogP) is 3.08. The molecule has 3 aromatic rings. The molecule has 29 heavy (non-hydrogen) atoms. The Morgan fingerprint density at radius 2 is 1.97 bits per heavy atom. The molecule has 1 aliphatic heterocycles. The summed E-state index contributed by atoms with van der Waals surface area (Å²) in [6, 6.07) is 7.43. The van der Waals surface area contributed by atoms with Crippen LogP contribution >= 0.6 is 11.8 Å². The van der Waals surface area contributed by atoms with Crippen LogP contribution in [-0.2, 0) is 0 Å². The quantitative estimate of drug-likeness (QED) is 0.710. The van der Waals surface area contributed by atoms with E-state index in [1.54, 1.807) is 6.20 Å². The fourth-order valence-electron chi connectivity index (χ4n) is 3.53. The molecule has 0 aliphatic carbocycles. The molecule has 0 unspecified atom stereocenters.